The summed E-state index contributed by atoms with van der Waals surface area (Å²) in [5.74, 6) is 3.29. The number of benzene rings is 2. The fourth-order valence-electron chi connectivity index (χ4n) is 5.24. The number of hydrogen-bond acceptors (Lipinski definition) is 5. The zero-order valence-electron chi connectivity index (χ0n) is 23.1. The first-order chi connectivity index (χ1) is 19.5. The summed E-state index contributed by atoms with van der Waals surface area (Å²) in [7, 11) is 0. The molecule has 0 aliphatic carbocycles. The quantitative estimate of drug-likeness (QED) is 0.384. The maximum Gasteiger partial charge on any atom is 0.416 e. The van der Waals surface area contributed by atoms with Gasteiger partial charge in [-0.05, 0) is 31.3 Å². The third kappa shape index (κ3) is 6.25. The van der Waals surface area contributed by atoms with Gasteiger partial charge in [0.2, 0.25) is 5.91 Å². The number of alkyl halides is 3. The van der Waals surface area contributed by atoms with Gasteiger partial charge in [0.15, 0.2) is 5.60 Å². The number of fused-ring (bicyclic) bond motifs is 1. The Balaban J connectivity index is 1.76. The van der Waals surface area contributed by atoms with Gasteiger partial charge in [-0.25, -0.2) is 4.39 Å². The molecule has 0 radical (unpaired) electrons. The number of anilines is 1. The molecular formula is C30H33F4N3O4. The molecule has 220 valence electrons. The van der Waals surface area contributed by atoms with Crippen molar-refractivity contribution in [3.05, 3.63) is 64.5 Å². The Morgan fingerprint density at radius 3 is 2.46 bits per heavy atom. The standard InChI is InChI=1S/C30H33F4N3O4/c1-3-35(4-2)13-14-37-25-20-21(9-5-8-12-26(38)36-15-17-41-18-16-36)19-23(30(32,33)34)27(25)29(40,28(37)39)22-10-6-7-11-24(22)31/h6-7,10-11,19-20,40H,3-4,8,12-18H2,1-2H3. The molecule has 0 aromatic heterocycles. The van der Waals surface area contributed by atoms with Crippen LogP contribution >= 0.6 is 0 Å². The second-order valence-corrected chi connectivity index (χ2v) is 9.88. The largest absolute Gasteiger partial charge is 0.416 e. The van der Waals surface area contributed by atoms with Crippen molar-refractivity contribution >= 4 is 17.5 Å². The summed E-state index contributed by atoms with van der Waals surface area (Å²) in [4.78, 5) is 30.8. The van der Waals surface area contributed by atoms with Gasteiger partial charge in [0.25, 0.3) is 5.91 Å². The van der Waals surface area contributed by atoms with Crippen LogP contribution in [-0.2, 0) is 26.1 Å². The first-order valence-electron chi connectivity index (χ1n) is 13.6. The van der Waals surface area contributed by atoms with E-state index in [1.807, 2.05) is 18.7 Å². The molecular weight excluding hydrogens is 542 g/mol. The number of rotatable bonds is 8. The third-order valence-corrected chi connectivity index (χ3v) is 7.49. The molecule has 41 heavy (non-hydrogen) atoms. The smallest absolute Gasteiger partial charge is 0.378 e. The van der Waals surface area contributed by atoms with Crippen LogP contribution in [0.3, 0.4) is 0 Å². The van der Waals surface area contributed by atoms with Crippen molar-refractivity contribution in [1.29, 1.82) is 0 Å². The number of halogens is 4. The molecule has 1 fully saturated rings. The molecule has 2 aliphatic heterocycles. The first-order valence-corrected chi connectivity index (χ1v) is 13.6. The number of carbonyl (C=O) groups excluding carboxylic acids is 2. The van der Waals surface area contributed by atoms with E-state index in [0.717, 1.165) is 23.1 Å². The highest BCUT2D eigenvalue weighted by atomic mass is 19.4. The molecule has 1 unspecified atom stereocenters. The maximum atomic E-state index is 14.9. The number of ether oxygens (including phenoxy) is 1. The monoisotopic (exact) mass is 575 g/mol. The highest BCUT2D eigenvalue weighted by Gasteiger charge is 2.56. The van der Waals surface area contributed by atoms with Gasteiger partial charge in [0.1, 0.15) is 5.82 Å². The number of amides is 2. The topological polar surface area (TPSA) is 73.3 Å². The van der Waals surface area contributed by atoms with Crippen LogP contribution in [0.25, 0.3) is 0 Å². The van der Waals surface area contributed by atoms with E-state index in [9.17, 15) is 32.3 Å². The van der Waals surface area contributed by atoms with Crippen molar-refractivity contribution in [2.24, 2.45) is 0 Å². The molecule has 1 N–H and O–H groups in total. The lowest BCUT2D eigenvalue weighted by molar-refractivity contribution is -0.142. The van der Waals surface area contributed by atoms with Crippen molar-refractivity contribution in [3.8, 4) is 11.8 Å². The number of aliphatic hydroxyl groups is 1. The fraction of sp³-hybridized carbons (Fsp3) is 0.467. The predicted octanol–water partition coefficient (Wildman–Crippen LogP) is 3.76. The van der Waals surface area contributed by atoms with Gasteiger partial charge in [0, 0.05) is 55.7 Å². The van der Waals surface area contributed by atoms with Crippen LogP contribution in [0, 0.1) is 17.7 Å². The maximum absolute atomic E-state index is 14.9. The SMILES string of the molecule is CCN(CC)CCN1C(=O)C(O)(c2ccccc2F)c2c1cc(C#CCCC(=O)N1CCOCC1)cc2C(F)(F)F. The van der Waals surface area contributed by atoms with Gasteiger partial charge in [-0.1, -0.05) is 43.9 Å². The number of likely N-dealkylation sites (N-methyl/N-ethyl adjacent to an activating group) is 1. The third-order valence-electron chi connectivity index (χ3n) is 7.49. The van der Waals surface area contributed by atoms with E-state index < -0.39 is 40.2 Å². The van der Waals surface area contributed by atoms with E-state index in [-0.39, 0.29) is 36.5 Å². The lowest BCUT2D eigenvalue weighted by Crippen LogP contribution is -2.44. The highest BCUT2D eigenvalue weighted by Crippen LogP contribution is 2.51. The van der Waals surface area contributed by atoms with Crippen LogP contribution in [0.15, 0.2) is 36.4 Å². The van der Waals surface area contributed by atoms with Crippen molar-refractivity contribution in [3.63, 3.8) is 0 Å². The van der Waals surface area contributed by atoms with Gasteiger partial charge >= 0.3 is 6.18 Å². The van der Waals surface area contributed by atoms with Crippen molar-refractivity contribution in [2.45, 2.75) is 38.5 Å². The normalized spacial score (nSPS) is 18.9. The van der Waals surface area contributed by atoms with E-state index in [1.54, 1.807) is 4.90 Å². The Morgan fingerprint density at radius 1 is 1.15 bits per heavy atom. The van der Waals surface area contributed by atoms with Crippen LogP contribution < -0.4 is 4.90 Å². The Kier molecular flexibility index (Phi) is 9.37. The molecule has 0 saturated carbocycles. The fourth-order valence-corrected chi connectivity index (χ4v) is 5.24. The summed E-state index contributed by atoms with van der Waals surface area (Å²) in [5, 5.41) is 11.7. The van der Waals surface area contributed by atoms with Gasteiger partial charge in [-0.2, -0.15) is 13.2 Å². The molecule has 11 heteroatoms. The first kappa shape index (κ1) is 30.5. The van der Waals surface area contributed by atoms with Gasteiger partial charge < -0.3 is 24.5 Å². The zero-order chi connectivity index (χ0) is 29.8. The number of morpholine rings is 1. The van der Waals surface area contributed by atoms with Crippen molar-refractivity contribution in [1.82, 2.24) is 9.80 Å². The lowest BCUT2D eigenvalue weighted by Gasteiger charge is -2.26. The minimum atomic E-state index is -4.98. The van der Waals surface area contributed by atoms with E-state index in [1.165, 1.54) is 18.2 Å². The summed E-state index contributed by atoms with van der Waals surface area (Å²) in [6, 6.07) is 6.87. The molecule has 0 spiro atoms. The van der Waals surface area contributed by atoms with Gasteiger partial charge in [-0.15, -0.1) is 0 Å². The van der Waals surface area contributed by atoms with Gasteiger partial charge in [0.05, 0.1) is 24.5 Å². The average molecular weight is 576 g/mol. The Hall–Kier alpha value is -3.46. The van der Waals surface area contributed by atoms with Crippen LogP contribution in [0.4, 0.5) is 23.2 Å². The molecule has 2 amide bonds. The molecule has 2 aliphatic rings. The molecule has 2 heterocycles. The average Bonchev–Trinajstić information content (AvgIpc) is 3.17. The molecule has 7 nitrogen and oxygen atoms in total. The highest BCUT2D eigenvalue weighted by molar-refractivity contribution is 6.10. The lowest BCUT2D eigenvalue weighted by atomic mass is 9.83. The van der Waals surface area contributed by atoms with E-state index in [4.69, 9.17) is 4.74 Å². The Morgan fingerprint density at radius 2 is 1.83 bits per heavy atom. The Bertz CT molecular complexity index is 1340. The van der Waals surface area contributed by atoms with E-state index >= 15 is 0 Å². The minimum Gasteiger partial charge on any atom is -0.378 e. The molecule has 1 saturated heterocycles. The minimum absolute atomic E-state index is 0.0213. The molecule has 4 rings (SSSR count). The summed E-state index contributed by atoms with van der Waals surface area (Å²) < 4.78 is 63.7. The van der Waals surface area contributed by atoms with E-state index in [0.29, 0.717) is 45.9 Å². The molecule has 2 aromatic carbocycles. The van der Waals surface area contributed by atoms with Crippen LogP contribution in [0.1, 0.15) is 48.9 Å². The second kappa shape index (κ2) is 12.6. The van der Waals surface area contributed by atoms with Crippen molar-refractivity contribution in [2.75, 3.05) is 57.4 Å². The van der Waals surface area contributed by atoms with Crippen LogP contribution in [-0.4, -0.2) is 79.2 Å². The second-order valence-electron chi connectivity index (χ2n) is 9.88. The zero-order valence-corrected chi connectivity index (χ0v) is 23.1. The molecule has 0 bridgehead atoms. The number of hydrogen-bond donors (Lipinski definition) is 1. The predicted molar refractivity (Wildman–Crippen MR) is 144 cm³/mol. The molecule has 2 aromatic rings. The van der Waals surface area contributed by atoms with Crippen LogP contribution in [0.5, 0.6) is 0 Å². The summed E-state index contributed by atoms with van der Waals surface area (Å²) in [6.07, 6.45) is -4.76. The molecule has 1 atom stereocenters. The Labute approximate surface area is 236 Å². The summed E-state index contributed by atoms with van der Waals surface area (Å²) in [5.41, 5.74) is -5.63. The number of nitrogens with zero attached hydrogens (tertiary/aromatic N) is 3. The van der Waals surface area contributed by atoms with Gasteiger partial charge in [-0.3, -0.25) is 9.59 Å². The summed E-state index contributed by atoms with van der Waals surface area (Å²) >= 11 is 0. The van der Waals surface area contributed by atoms with Crippen LogP contribution in [0.2, 0.25) is 0 Å². The number of carbonyl (C=O) groups is 2. The van der Waals surface area contributed by atoms with E-state index in [2.05, 4.69) is 11.8 Å². The van der Waals surface area contributed by atoms with Crippen molar-refractivity contribution < 1.29 is 37.0 Å². The summed E-state index contributed by atoms with van der Waals surface area (Å²) in [6.45, 7) is 7.29.